The van der Waals surface area contributed by atoms with Crippen molar-refractivity contribution in [2.75, 3.05) is 37.0 Å². The number of anilines is 1. The number of nitrogens with one attached hydrogen (secondary N) is 1. The summed E-state index contributed by atoms with van der Waals surface area (Å²) in [5.41, 5.74) is 2.53. The van der Waals surface area contributed by atoms with E-state index in [1.165, 1.54) is 34.5 Å². The van der Waals surface area contributed by atoms with E-state index in [0.29, 0.717) is 15.8 Å². The van der Waals surface area contributed by atoms with Crippen LogP contribution in [0.15, 0.2) is 42.5 Å². The average Bonchev–Trinajstić information content (AvgIpc) is 3.09. The first-order chi connectivity index (χ1) is 14.2. The average molecular weight is 431 g/mol. The number of rotatable bonds is 6. The Labute approximate surface area is 178 Å². The standard InChI is InChI=1S/C22H23FN2O2S2/c1-27-14-17-20-18(23)6-3-7-19(20)29-21(17)22(26)24-16-5-2-4-15(12-16)13-25-8-10-28-11-9-25/h2-7,12H,8-11,13-14H2,1H3,(H,24,26). The van der Waals surface area contributed by atoms with Crippen LogP contribution < -0.4 is 5.32 Å². The van der Waals surface area contributed by atoms with Gasteiger partial charge in [-0.1, -0.05) is 18.2 Å². The second-order valence-electron chi connectivity index (χ2n) is 7.00. The number of hydrogen-bond donors (Lipinski definition) is 1. The molecule has 3 aromatic rings. The fourth-order valence-corrected chi connectivity index (χ4v) is 5.68. The largest absolute Gasteiger partial charge is 0.380 e. The Morgan fingerprint density at radius 1 is 1.21 bits per heavy atom. The lowest BCUT2D eigenvalue weighted by Gasteiger charge is -2.26. The van der Waals surface area contributed by atoms with E-state index in [-0.39, 0.29) is 18.3 Å². The minimum atomic E-state index is -0.327. The van der Waals surface area contributed by atoms with E-state index in [1.54, 1.807) is 13.2 Å². The molecule has 1 aliphatic rings. The Bertz CT molecular complexity index is 1020. The molecule has 2 heterocycles. The van der Waals surface area contributed by atoms with Gasteiger partial charge in [0.15, 0.2) is 0 Å². The van der Waals surface area contributed by atoms with Crippen LogP contribution in [-0.4, -0.2) is 42.5 Å². The first-order valence-electron chi connectivity index (χ1n) is 9.55. The van der Waals surface area contributed by atoms with E-state index in [4.69, 9.17) is 4.74 Å². The molecule has 152 valence electrons. The number of hydrogen-bond acceptors (Lipinski definition) is 5. The van der Waals surface area contributed by atoms with Crippen LogP contribution in [0.2, 0.25) is 0 Å². The van der Waals surface area contributed by atoms with Crippen LogP contribution >= 0.6 is 23.1 Å². The van der Waals surface area contributed by atoms with E-state index < -0.39 is 0 Å². The van der Waals surface area contributed by atoms with E-state index >= 15 is 0 Å². The summed E-state index contributed by atoms with van der Waals surface area (Å²) in [4.78, 5) is 15.9. The fourth-order valence-electron chi connectivity index (χ4n) is 3.59. The summed E-state index contributed by atoms with van der Waals surface area (Å²) in [5, 5.41) is 3.46. The maximum absolute atomic E-state index is 14.4. The number of ether oxygens (including phenoxy) is 1. The Hall–Kier alpha value is -1.93. The second kappa shape index (κ2) is 9.26. The molecule has 29 heavy (non-hydrogen) atoms. The Balaban J connectivity index is 1.56. The third kappa shape index (κ3) is 4.64. The number of fused-ring (bicyclic) bond motifs is 1. The SMILES string of the molecule is COCc1c(C(=O)Nc2cccc(CN3CCSCC3)c2)sc2cccc(F)c12. The summed E-state index contributed by atoms with van der Waals surface area (Å²) >= 11 is 3.29. The topological polar surface area (TPSA) is 41.6 Å². The van der Waals surface area contributed by atoms with Gasteiger partial charge in [0.2, 0.25) is 0 Å². The molecule has 1 saturated heterocycles. The maximum atomic E-state index is 14.4. The number of carbonyl (C=O) groups is 1. The molecule has 7 heteroatoms. The summed E-state index contributed by atoms with van der Waals surface area (Å²) in [6.07, 6.45) is 0. The minimum absolute atomic E-state index is 0.191. The van der Waals surface area contributed by atoms with Crippen LogP contribution in [0.1, 0.15) is 20.8 Å². The van der Waals surface area contributed by atoms with Crippen LogP contribution in [0.25, 0.3) is 10.1 Å². The van der Waals surface area contributed by atoms with Crippen molar-refractivity contribution in [3.63, 3.8) is 0 Å². The lowest BCUT2D eigenvalue weighted by molar-refractivity contribution is 0.102. The number of thiophene rings is 1. The molecule has 0 atom stereocenters. The molecule has 0 radical (unpaired) electrons. The van der Waals surface area contributed by atoms with E-state index in [1.807, 2.05) is 36.0 Å². The van der Waals surface area contributed by atoms with E-state index in [0.717, 1.165) is 30.0 Å². The molecule has 0 saturated carbocycles. The lowest BCUT2D eigenvalue weighted by atomic mass is 10.1. The van der Waals surface area contributed by atoms with Gasteiger partial charge in [-0.05, 0) is 29.8 Å². The minimum Gasteiger partial charge on any atom is -0.380 e. The number of amides is 1. The zero-order valence-corrected chi connectivity index (χ0v) is 17.9. The smallest absolute Gasteiger partial charge is 0.266 e. The quantitative estimate of drug-likeness (QED) is 0.598. The molecule has 4 nitrogen and oxygen atoms in total. The van der Waals surface area contributed by atoms with Gasteiger partial charge in [-0.15, -0.1) is 11.3 Å². The predicted octanol–water partition coefficient (Wildman–Crippen LogP) is 4.99. The summed E-state index contributed by atoms with van der Waals surface area (Å²) in [7, 11) is 1.55. The van der Waals surface area contributed by atoms with Crippen molar-refractivity contribution in [1.82, 2.24) is 4.90 Å². The van der Waals surface area contributed by atoms with E-state index in [2.05, 4.69) is 16.3 Å². The molecule has 0 unspecified atom stereocenters. The van der Waals surface area contributed by atoms with Crippen LogP contribution in [0.5, 0.6) is 0 Å². The molecule has 1 amide bonds. The van der Waals surface area contributed by atoms with Gasteiger partial charge in [0.05, 0.1) is 11.5 Å². The first-order valence-corrected chi connectivity index (χ1v) is 11.5. The van der Waals surface area contributed by atoms with Crippen molar-refractivity contribution in [2.24, 2.45) is 0 Å². The number of thioether (sulfide) groups is 1. The van der Waals surface area contributed by atoms with Crippen molar-refractivity contribution in [3.8, 4) is 0 Å². The Morgan fingerprint density at radius 2 is 2.00 bits per heavy atom. The third-order valence-electron chi connectivity index (χ3n) is 4.95. The Kier molecular flexibility index (Phi) is 6.50. The van der Waals surface area contributed by atoms with Crippen LogP contribution in [0.4, 0.5) is 10.1 Å². The molecular weight excluding hydrogens is 407 g/mol. The summed E-state index contributed by atoms with van der Waals surface area (Å²) in [6, 6.07) is 12.9. The van der Waals surface area contributed by atoms with Gasteiger partial charge in [-0.25, -0.2) is 4.39 Å². The van der Waals surface area contributed by atoms with Crippen molar-refractivity contribution < 1.29 is 13.9 Å². The molecular formula is C22H23FN2O2S2. The zero-order chi connectivity index (χ0) is 20.2. The predicted molar refractivity (Wildman–Crippen MR) is 119 cm³/mol. The van der Waals surface area contributed by atoms with Gasteiger partial charge in [-0.2, -0.15) is 11.8 Å². The van der Waals surface area contributed by atoms with E-state index in [9.17, 15) is 9.18 Å². The fraction of sp³-hybridized carbons (Fsp3) is 0.318. The number of methoxy groups -OCH3 is 1. The Morgan fingerprint density at radius 3 is 2.79 bits per heavy atom. The summed E-state index contributed by atoms with van der Waals surface area (Å²) in [5.74, 6) is 1.78. The van der Waals surface area contributed by atoms with Gasteiger partial charge in [-0.3, -0.25) is 9.69 Å². The molecule has 1 N–H and O–H groups in total. The number of carbonyl (C=O) groups excluding carboxylic acids is 1. The molecule has 0 spiro atoms. The van der Waals surface area contributed by atoms with Gasteiger partial charge in [0.25, 0.3) is 5.91 Å². The highest BCUT2D eigenvalue weighted by Gasteiger charge is 2.21. The van der Waals surface area contributed by atoms with Gasteiger partial charge < -0.3 is 10.1 Å². The van der Waals surface area contributed by atoms with Crippen LogP contribution in [-0.2, 0) is 17.9 Å². The second-order valence-corrected chi connectivity index (χ2v) is 9.28. The summed E-state index contributed by atoms with van der Waals surface area (Å²) < 4.78 is 20.4. The lowest BCUT2D eigenvalue weighted by Crippen LogP contribution is -2.31. The molecule has 0 bridgehead atoms. The molecule has 2 aromatic carbocycles. The molecule has 4 rings (SSSR count). The molecule has 1 fully saturated rings. The molecule has 0 aliphatic carbocycles. The molecule has 1 aliphatic heterocycles. The number of nitrogens with zero attached hydrogens (tertiary/aromatic N) is 1. The third-order valence-corrected chi connectivity index (χ3v) is 7.09. The van der Waals surface area contributed by atoms with Crippen molar-refractivity contribution >= 4 is 44.8 Å². The van der Waals surface area contributed by atoms with Crippen molar-refractivity contribution in [1.29, 1.82) is 0 Å². The maximum Gasteiger partial charge on any atom is 0.266 e. The summed E-state index contributed by atoms with van der Waals surface area (Å²) in [6.45, 7) is 3.26. The van der Waals surface area contributed by atoms with Crippen LogP contribution in [0.3, 0.4) is 0 Å². The highest BCUT2D eigenvalue weighted by molar-refractivity contribution is 7.99. The number of halogens is 1. The zero-order valence-electron chi connectivity index (χ0n) is 16.2. The first kappa shape index (κ1) is 20.3. The van der Waals surface area contributed by atoms with Crippen molar-refractivity contribution in [2.45, 2.75) is 13.2 Å². The monoisotopic (exact) mass is 430 g/mol. The van der Waals surface area contributed by atoms with Gasteiger partial charge in [0, 0.05) is 59.6 Å². The normalized spacial score (nSPS) is 15.0. The van der Waals surface area contributed by atoms with Gasteiger partial charge >= 0.3 is 0 Å². The number of benzene rings is 2. The highest BCUT2D eigenvalue weighted by Crippen LogP contribution is 2.34. The van der Waals surface area contributed by atoms with Gasteiger partial charge in [0.1, 0.15) is 5.82 Å². The van der Waals surface area contributed by atoms with Crippen LogP contribution in [0, 0.1) is 5.82 Å². The highest BCUT2D eigenvalue weighted by atomic mass is 32.2. The van der Waals surface area contributed by atoms with Crippen molar-refractivity contribution in [3.05, 3.63) is 64.3 Å². The molecule has 1 aromatic heterocycles.